The highest BCUT2D eigenvalue weighted by molar-refractivity contribution is 6.06. The summed E-state index contributed by atoms with van der Waals surface area (Å²) in [5.41, 5.74) is 0.277. The second kappa shape index (κ2) is 6.38. The monoisotopic (exact) mass is 345 g/mol. The van der Waals surface area contributed by atoms with Gasteiger partial charge in [-0.1, -0.05) is 26.0 Å². The van der Waals surface area contributed by atoms with Crippen LogP contribution in [0.1, 0.15) is 33.6 Å². The number of hydrogen-bond acceptors (Lipinski definition) is 4. The van der Waals surface area contributed by atoms with E-state index in [4.69, 9.17) is 4.42 Å². The Labute approximate surface area is 145 Å². The number of benzene rings is 1. The lowest BCUT2D eigenvalue weighted by Crippen LogP contribution is -2.44. The summed E-state index contributed by atoms with van der Waals surface area (Å²) in [7, 11) is 0. The molecule has 1 aromatic carbocycles. The van der Waals surface area contributed by atoms with Crippen molar-refractivity contribution in [1.82, 2.24) is 14.8 Å². The minimum atomic E-state index is -0.870. The van der Waals surface area contributed by atoms with E-state index in [0.29, 0.717) is 23.4 Å². The van der Waals surface area contributed by atoms with Crippen LogP contribution in [-0.2, 0) is 11.3 Å². The van der Waals surface area contributed by atoms with Crippen LogP contribution in [0.4, 0.5) is 4.79 Å². The lowest BCUT2D eigenvalue weighted by molar-refractivity contribution is -0.131. The van der Waals surface area contributed by atoms with E-state index in [1.165, 1.54) is 9.47 Å². The van der Waals surface area contributed by atoms with Gasteiger partial charge in [0.15, 0.2) is 5.58 Å². The number of nitrogens with zero attached hydrogens (tertiary/aromatic N) is 2. The minimum Gasteiger partial charge on any atom is -0.408 e. The quantitative estimate of drug-likeness (QED) is 0.815. The first-order valence-corrected chi connectivity index (χ1v) is 8.54. The van der Waals surface area contributed by atoms with Crippen molar-refractivity contribution in [3.05, 3.63) is 34.8 Å². The maximum Gasteiger partial charge on any atom is 0.420 e. The highest BCUT2D eigenvalue weighted by atomic mass is 16.4. The molecule has 0 saturated carbocycles. The fourth-order valence-corrected chi connectivity index (χ4v) is 3.12. The zero-order valence-corrected chi connectivity index (χ0v) is 14.7. The number of rotatable bonds is 6. The molecule has 3 rings (SSSR count). The lowest BCUT2D eigenvalue weighted by atomic mass is 9.92. The first-order chi connectivity index (χ1) is 11.8. The Morgan fingerprint density at radius 2 is 1.88 bits per heavy atom. The van der Waals surface area contributed by atoms with E-state index in [9.17, 15) is 14.4 Å². The zero-order chi connectivity index (χ0) is 18.2. The van der Waals surface area contributed by atoms with Crippen LogP contribution in [0.2, 0.25) is 0 Å². The van der Waals surface area contributed by atoms with Gasteiger partial charge in [0.05, 0.1) is 5.52 Å². The van der Waals surface area contributed by atoms with Gasteiger partial charge in [0, 0.05) is 13.1 Å². The molecule has 1 N–H and O–H groups in total. The van der Waals surface area contributed by atoms with Crippen molar-refractivity contribution < 1.29 is 14.0 Å². The number of imide groups is 1. The summed E-state index contributed by atoms with van der Waals surface area (Å²) >= 11 is 0. The van der Waals surface area contributed by atoms with Gasteiger partial charge < -0.3 is 9.73 Å². The Morgan fingerprint density at radius 3 is 2.60 bits per heavy atom. The summed E-state index contributed by atoms with van der Waals surface area (Å²) < 4.78 is 6.62. The Kier molecular flexibility index (Phi) is 4.41. The highest BCUT2D eigenvalue weighted by Crippen LogP contribution is 2.24. The molecule has 0 bridgehead atoms. The molecule has 2 heterocycles. The van der Waals surface area contributed by atoms with Crippen LogP contribution in [0.15, 0.2) is 33.5 Å². The molecule has 25 heavy (non-hydrogen) atoms. The van der Waals surface area contributed by atoms with Crippen LogP contribution in [-0.4, -0.2) is 33.5 Å². The van der Waals surface area contributed by atoms with Crippen molar-refractivity contribution in [2.75, 3.05) is 6.54 Å². The number of nitrogens with one attached hydrogen (secondary N) is 1. The van der Waals surface area contributed by atoms with E-state index < -0.39 is 17.3 Å². The van der Waals surface area contributed by atoms with E-state index in [1.807, 2.05) is 6.07 Å². The Balaban J connectivity index is 1.75. The SMILES string of the molecule is CC(C)CC[C@]1(C)NC(=O)N(CCn2c(=O)oc3ccccc32)C1=O. The van der Waals surface area contributed by atoms with Crippen LogP contribution < -0.4 is 11.1 Å². The van der Waals surface area contributed by atoms with Crippen LogP contribution in [0, 0.1) is 5.92 Å². The third-order valence-electron chi connectivity index (χ3n) is 4.69. The molecule has 1 saturated heterocycles. The molecule has 0 radical (unpaired) electrons. The van der Waals surface area contributed by atoms with Gasteiger partial charge in [-0.3, -0.25) is 14.3 Å². The number of carbonyl (C=O) groups excluding carboxylic acids is 2. The summed E-state index contributed by atoms with van der Waals surface area (Å²) in [5, 5.41) is 2.79. The van der Waals surface area contributed by atoms with Gasteiger partial charge in [-0.25, -0.2) is 9.59 Å². The van der Waals surface area contributed by atoms with Crippen molar-refractivity contribution in [1.29, 1.82) is 0 Å². The number of urea groups is 1. The number of oxazole rings is 1. The maximum atomic E-state index is 12.7. The average molecular weight is 345 g/mol. The molecule has 134 valence electrons. The largest absolute Gasteiger partial charge is 0.420 e. The molecular formula is C18H23N3O4. The first kappa shape index (κ1) is 17.3. The molecule has 3 amide bonds. The molecule has 0 aliphatic carbocycles. The first-order valence-electron chi connectivity index (χ1n) is 8.54. The van der Waals surface area contributed by atoms with E-state index in [2.05, 4.69) is 19.2 Å². The van der Waals surface area contributed by atoms with E-state index in [1.54, 1.807) is 25.1 Å². The fourth-order valence-electron chi connectivity index (χ4n) is 3.12. The topological polar surface area (TPSA) is 84.6 Å². The van der Waals surface area contributed by atoms with E-state index in [-0.39, 0.29) is 19.0 Å². The van der Waals surface area contributed by atoms with Gasteiger partial charge in [0.25, 0.3) is 5.91 Å². The van der Waals surface area contributed by atoms with Crippen molar-refractivity contribution in [3.63, 3.8) is 0 Å². The average Bonchev–Trinajstić information content (AvgIpc) is 2.98. The predicted octanol–water partition coefficient (Wildman–Crippen LogP) is 2.34. The van der Waals surface area contributed by atoms with Crippen LogP contribution in [0.25, 0.3) is 11.1 Å². The molecular weight excluding hydrogens is 322 g/mol. The van der Waals surface area contributed by atoms with Gasteiger partial charge in [-0.2, -0.15) is 0 Å². The number of aromatic nitrogens is 1. The Bertz CT molecular complexity index is 867. The van der Waals surface area contributed by atoms with Gasteiger partial charge in [0.2, 0.25) is 0 Å². The molecule has 0 unspecified atom stereocenters. The Morgan fingerprint density at radius 1 is 1.16 bits per heavy atom. The van der Waals surface area contributed by atoms with Crippen molar-refractivity contribution >= 4 is 23.0 Å². The molecule has 2 aromatic rings. The van der Waals surface area contributed by atoms with Crippen LogP contribution in [0.5, 0.6) is 0 Å². The molecule has 7 nitrogen and oxygen atoms in total. The minimum absolute atomic E-state index is 0.130. The molecule has 1 atom stereocenters. The molecule has 1 aromatic heterocycles. The van der Waals surface area contributed by atoms with E-state index >= 15 is 0 Å². The molecule has 7 heteroatoms. The molecule has 1 aliphatic rings. The summed E-state index contributed by atoms with van der Waals surface area (Å²) in [6.45, 7) is 6.26. The smallest absolute Gasteiger partial charge is 0.408 e. The summed E-state index contributed by atoms with van der Waals surface area (Å²) in [6, 6.07) is 6.68. The van der Waals surface area contributed by atoms with Crippen molar-refractivity contribution in [3.8, 4) is 0 Å². The second-order valence-corrected chi connectivity index (χ2v) is 7.14. The number of fused-ring (bicyclic) bond motifs is 1. The number of hydrogen-bond donors (Lipinski definition) is 1. The third kappa shape index (κ3) is 3.18. The summed E-state index contributed by atoms with van der Waals surface area (Å²) in [6.07, 6.45) is 1.45. The molecule has 1 fully saturated rings. The van der Waals surface area contributed by atoms with Crippen molar-refractivity contribution in [2.45, 2.75) is 45.7 Å². The number of carbonyl (C=O) groups is 2. The van der Waals surface area contributed by atoms with Gasteiger partial charge >= 0.3 is 11.8 Å². The lowest BCUT2D eigenvalue weighted by Gasteiger charge is -2.22. The van der Waals surface area contributed by atoms with Gasteiger partial charge in [-0.05, 0) is 37.8 Å². The Hall–Kier alpha value is -2.57. The second-order valence-electron chi connectivity index (χ2n) is 7.14. The standard InChI is InChI=1S/C18H23N3O4/c1-12(2)8-9-18(3)15(22)21(16(23)19-18)11-10-20-13-6-4-5-7-14(13)25-17(20)24/h4-7,12H,8-11H2,1-3H3,(H,19,23)/t18-/m0/s1. The van der Waals surface area contributed by atoms with Crippen LogP contribution >= 0.6 is 0 Å². The van der Waals surface area contributed by atoms with E-state index in [0.717, 1.165) is 6.42 Å². The normalized spacial score (nSPS) is 20.7. The van der Waals surface area contributed by atoms with Crippen molar-refractivity contribution in [2.24, 2.45) is 5.92 Å². The number of para-hydroxylation sites is 2. The fraction of sp³-hybridized carbons (Fsp3) is 0.500. The summed E-state index contributed by atoms with van der Waals surface area (Å²) in [5.74, 6) is -0.277. The van der Waals surface area contributed by atoms with Gasteiger partial charge in [-0.15, -0.1) is 0 Å². The number of amides is 3. The highest BCUT2D eigenvalue weighted by Gasteiger charge is 2.47. The molecule has 0 spiro atoms. The van der Waals surface area contributed by atoms with Gasteiger partial charge in [0.1, 0.15) is 5.54 Å². The third-order valence-corrected chi connectivity index (χ3v) is 4.69. The molecule has 1 aliphatic heterocycles. The van der Waals surface area contributed by atoms with Crippen LogP contribution in [0.3, 0.4) is 0 Å². The zero-order valence-electron chi connectivity index (χ0n) is 14.7. The predicted molar refractivity (Wildman–Crippen MR) is 93.2 cm³/mol. The maximum absolute atomic E-state index is 12.7. The summed E-state index contributed by atoms with van der Waals surface area (Å²) in [4.78, 5) is 38.1.